The summed E-state index contributed by atoms with van der Waals surface area (Å²) in [6.45, 7) is 2.02. The van der Waals surface area contributed by atoms with Gasteiger partial charge in [-0.05, 0) is 24.5 Å². The van der Waals surface area contributed by atoms with Gasteiger partial charge in [-0.1, -0.05) is 6.07 Å². The van der Waals surface area contributed by atoms with Gasteiger partial charge in [0.25, 0.3) is 0 Å². The zero-order valence-electron chi connectivity index (χ0n) is 13.7. The topological polar surface area (TPSA) is 99.7 Å². The van der Waals surface area contributed by atoms with Gasteiger partial charge < -0.3 is 15.2 Å². The molecule has 1 fully saturated rings. The molecule has 0 saturated carbocycles. The average molecular weight is 337 g/mol. The predicted octanol–water partition coefficient (Wildman–Crippen LogP) is 1.28. The fraction of sp³-hybridized carbons (Fsp3) is 0.353. The Morgan fingerprint density at radius 1 is 1.36 bits per heavy atom. The summed E-state index contributed by atoms with van der Waals surface area (Å²) in [4.78, 5) is 34.6. The van der Waals surface area contributed by atoms with E-state index in [4.69, 9.17) is 0 Å². The summed E-state index contributed by atoms with van der Waals surface area (Å²) in [5.41, 5.74) is 2.46. The molecule has 0 aromatic carbocycles. The number of amides is 1. The maximum Gasteiger partial charge on any atom is 0.225 e. The van der Waals surface area contributed by atoms with Crippen LogP contribution in [0.25, 0.3) is 11.2 Å². The zero-order valence-corrected chi connectivity index (χ0v) is 13.7. The highest BCUT2D eigenvalue weighted by molar-refractivity contribution is 5.84. The van der Waals surface area contributed by atoms with E-state index in [0.29, 0.717) is 18.7 Å². The van der Waals surface area contributed by atoms with Crippen molar-refractivity contribution in [1.82, 2.24) is 30.2 Å². The second-order valence-corrected chi connectivity index (χ2v) is 6.16. The van der Waals surface area contributed by atoms with Crippen LogP contribution in [0.3, 0.4) is 0 Å². The third-order valence-corrected chi connectivity index (χ3v) is 4.48. The summed E-state index contributed by atoms with van der Waals surface area (Å²) < 4.78 is 0. The van der Waals surface area contributed by atoms with Crippen molar-refractivity contribution in [1.29, 1.82) is 0 Å². The number of anilines is 1. The summed E-state index contributed by atoms with van der Waals surface area (Å²) in [6.07, 6.45) is 8.46. The van der Waals surface area contributed by atoms with Crippen molar-refractivity contribution in [2.45, 2.75) is 19.4 Å². The van der Waals surface area contributed by atoms with E-state index in [2.05, 4.69) is 35.1 Å². The molecule has 1 saturated heterocycles. The number of carbonyl (C=O) groups is 1. The van der Waals surface area contributed by atoms with Crippen molar-refractivity contribution in [2.75, 3.05) is 18.0 Å². The number of fused-ring (bicyclic) bond motifs is 1. The molecule has 0 radical (unpaired) electrons. The number of pyridine rings is 1. The molecule has 0 aliphatic carbocycles. The Kier molecular flexibility index (Phi) is 4.24. The van der Waals surface area contributed by atoms with Gasteiger partial charge in [0.15, 0.2) is 11.5 Å². The van der Waals surface area contributed by atoms with Crippen molar-refractivity contribution < 1.29 is 4.79 Å². The quantitative estimate of drug-likeness (QED) is 0.744. The monoisotopic (exact) mass is 337 g/mol. The number of rotatable bonds is 4. The van der Waals surface area contributed by atoms with Gasteiger partial charge in [0.05, 0.1) is 12.2 Å². The Morgan fingerprint density at radius 2 is 2.32 bits per heavy atom. The van der Waals surface area contributed by atoms with Crippen molar-refractivity contribution in [2.24, 2.45) is 5.92 Å². The Hall–Kier alpha value is -3.03. The van der Waals surface area contributed by atoms with E-state index in [1.807, 2.05) is 12.1 Å². The fourth-order valence-corrected chi connectivity index (χ4v) is 3.21. The third-order valence-electron chi connectivity index (χ3n) is 4.48. The minimum atomic E-state index is -0.0571. The zero-order chi connectivity index (χ0) is 17.1. The molecular formula is C17H19N7O. The van der Waals surface area contributed by atoms with Crippen LogP contribution in [0.1, 0.15) is 18.4 Å². The van der Waals surface area contributed by atoms with Crippen LogP contribution in [0, 0.1) is 5.92 Å². The van der Waals surface area contributed by atoms with Gasteiger partial charge >= 0.3 is 0 Å². The van der Waals surface area contributed by atoms with Crippen LogP contribution in [-0.4, -0.2) is 43.9 Å². The number of aromatic amines is 1. The van der Waals surface area contributed by atoms with Crippen LogP contribution >= 0.6 is 0 Å². The highest BCUT2D eigenvalue weighted by Crippen LogP contribution is 2.25. The molecule has 0 unspecified atom stereocenters. The molecule has 2 N–H and O–H groups in total. The van der Waals surface area contributed by atoms with E-state index in [1.54, 1.807) is 18.7 Å². The molecule has 1 aliphatic rings. The van der Waals surface area contributed by atoms with E-state index in [1.165, 1.54) is 6.33 Å². The molecule has 3 aromatic rings. The van der Waals surface area contributed by atoms with E-state index >= 15 is 0 Å². The van der Waals surface area contributed by atoms with Crippen LogP contribution < -0.4 is 10.2 Å². The lowest BCUT2D eigenvalue weighted by atomic mass is 9.97. The number of H-pyrrole nitrogens is 1. The number of hydrogen-bond donors (Lipinski definition) is 2. The van der Waals surface area contributed by atoms with Crippen LogP contribution in [-0.2, 0) is 11.3 Å². The maximum atomic E-state index is 12.6. The van der Waals surface area contributed by atoms with Gasteiger partial charge in [0.2, 0.25) is 5.91 Å². The first-order chi connectivity index (χ1) is 12.3. The van der Waals surface area contributed by atoms with Crippen LogP contribution in [0.15, 0.2) is 37.2 Å². The molecule has 8 nitrogen and oxygen atoms in total. The van der Waals surface area contributed by atoms with Gasteiger partial charge in [-0.3, -0.25) is 9.78 Å². The lowest BCUT2D eigenvalue weighted by Crippen LogP contribution is -2.43. The molecule has 3 aromatic heterocycles. The van der Waals surface area contributed by atoms with E-state index in [-0.39, 0.29) is 11.8 Å². The molecule has 4 heterocycles. The Bertz CT molecular complexity index is 864. The second-order valence-electron chi connectivity index (χ2n) is 6.16. The third kappa shape index (κ3) is 3.28. The molecule has 1 amide bonds. The molecule has 4 rings (SSSR count). The van der Waals surface area contributed by atoms with Gasteiger partial charge in [0, 0.05) is 32.0 Å². The normalized spacial score (nSPS) is 17.6. The highest BCUT2D eigenvalue weighted by atomic mass is 16.1. The van der Waals surface area contributed by atoms with Crippen molar-refractivity contribution in [3.8, 4) is 0 Å². The minimum absolute atomic E-state index is 0.0571. The first-order valence-electron chi connectivity index (χ1n) is 8.37. The molecule has 25 heavy (non-hydrogen) atoms. The molecule has 0 bridgehead atoms. The van der Waals surface area contributed by atoms with E-state index < -0.39 is 0 Å². The number of imidazole rings is 1. The Morgan fingerprint density at radius 3 is 3.20 bits per heavy atom. The average Bonchev–Trinajstić information content (AvgIpc) is 3.16. The lowest BCUT2D eigenvalue weighted by Gasteiger charge is -2.32. The second kappa shape index (κ2) is 6.84. The summed E-state index contributed by atoms with van der Waals surface area (Å²) in [5, 5.41) is 3.01. The maximum absolute atomic E-state index is 12.6. The molecular weight excluding hydrogens is 318 g/mol. The number of hydrogen-bond acceptors (Lipinski definition) is 6. The Labute approximate surface area is 144 Å². The summed E-state index contributed by atoms with van der Waals surface area (Å²) >= 11 is 0. The minimum Gasteiger partial charge on any atom is -0.354 e. The van der Waals surface area contributed by atoms with Crippen LogP contribution in [0.4, 0.5) is 5.82 Å². The van der Waals surface area contributed by atoms with Crippen molar-refractivity contribution in [3.05, 3.63) is 42.7 Å². The van der Waals surface area contributed by atoms with Crippen molar-refractivity contribution in [3.63, 3.8) is 0 Å². The van der Waals surface area contributed by atoms with Gasteiger partial charge in [0.1, 0.15) is 11.8 Å². The SMILES string of the molecule is O=C(NCc1cccnc1)[C@@H]1CCCN(c2ncnc3nc[nH]c23)C1. The first-order valence-corrected chi connectivity index (χ1v) is 8.37. The molecule has 8 heteroatoms. The summed E-state index contributed by atoms with van der Waals surface area (Å²) in [6, 6.07) is 3.82. The van der Waals surface area contributed by atoms with E-state index in [0.717, 1.165) is 36.3 Å². The van der Waals surface area contributed by atoms with Crippen LogP contribution in [0.5, 0.6) is 0 Å². The Balaban J connectivity index is 1.44. The number of nitrogens with one attached hydrogen (secondary N) is 2. The number of nitrogens with zero attached hydrogens (tertiary/aromatic N) is 5. The largest absolute Gasteiger partial charge is 0.354 e. The summed E-state index contributed by atoms with van der Waals surface area (Å²) in [5.74, 6) is 0.828. The van der Waals surface area contributed by atoms with Gasteiger partial charge in [-0.15, -0.1) is 0 Å². The molecule has 128 valence electrons. The number of carbonyl (C=O) groups excluding carboxylic acids is 1. The highest BCUT2D eigenvalue weighted by Gasteiger charge is 2.27. The lowest BCUT2D eigenvalue weighted by molar-refractivity contribution is -0.125. The van der Waals surface area contributed by atoms with Gasteiger partial charge in [-0.25, -0.2) is 15.0 Å². The van der Waals surface area contributed by atoms with E-state index in [9.17, 15) is 4.79 Å². The standard InChI is InChI=1S/C17H19N7O/c25-17(19-8-12-3-1-5-18-7-12)13-4-2-6-24(9-13)16-14-15(21-10-20-14)22-11-23-16/h1,3,5,7,10-11,13H,2,4,6,8-9H2,(H,19,25)(H,20,21,22,23)/t13-/m1/s1. The van der Waals surface area contributed by atoms with Crippen LogP contribution in [0.2, 0.25) is 0 Å². The number of aromatic nitrogens is 5. The molecule has 1 aliphatic heterocycles. The summed E-state index contributed by atoms with van der Waals surface area (Å²) in [7, 11) is 0. The predicted molar refractivity (Wildman–Crippen MR) is 92.7 cm³/mol. The number of piperidine rings is 1. The van der Waals surface area contributed by atoms with Gasteiger partial charge in [-0.2, -0.15) is 0 Å². The fourth-order valence-electron chi connectivity index (χ4n) is 3.21. The van der Waals surface area contributed by atoms with Crippen molar-refractivity contribution >= 4 is 22.9 Å². The molecule has 1 atom stereocenters. The first kappa shape index (κ1) is 15.5. The smallest absolute Gasteiger partial charge is 0.225 e. The molecule has 0 spiro atoms.